The van der Waals surface area contributed by atoms with Crippen LogP contribution in [0.2, 0.25) is 0 Å². The summed E-state index contributed by atoms with van der Waals surface area (Å²) in [6.45, 7) is 0.238. The summed E-state index contributed by atoms with van der Waals surface area (Å²) in [6, 6.07) is 7.61. The van der Waals surface area contributed by atoms with E-state index in [4.69, 9.17) is 11.5 Å². The van der Waals surface area contributed by atoms with Crippen molar-refractivity contribution in [3.05, 3.63) is 34.3 Å². The Morgan fingerprint density at radius 3 is 2.29 bits per heavy atom. The van der Waals surface area contributed by atoms with Crippen molar-refractivity contribution in [1.29, 1.82) is 0 Å². The lowest BCUT2D eigenvalue weighted by atomic mass is 9.96. The van der Waals surface area contributed by atoms with Crippen molar-refractivity contribution in [3.8, 4) is 0 Å². The third kappa shape index (κ3) is 4.04. The van der Waals surface area contributed by atoms with Crippen LogP contribution in [0.4, 0.5) is 0 Å². The Morgan fingerprint density at radius 2 is 1.76 bits per heavy atom. The van der Waals surface area contributed by atoms with Gasteiger partial charge in [0.2, 0.25) is 11.8 Å². The number of nitrogens with zero attached hydrogens (tertiary/aromatic N) is 1. The van der Waals surface area contributed by atoms with E-state index in [1.54, 1.807) is 0 Å². The van der Waals surface area contributed by atoms with Gasteiger partial charge in [0, 0.05) is 11.0 Å². The molecule has 0 heterocycles. The normalized spacial score (nSPS) is 16.7. The van der Waals surface area contributed by atoms with Gasteiger partial charge in [-0.1, -0.05) is 40.9 Å². The summed E-state index contributed by atoms with van der Waals surface area (Å²) >= 11 is 3.37. The van der Waals surface area contributed by atoms with Gasteiger partial charge in [-0.2, -0.15) is 0 Å². The van der Waals surface area contributed by atoms with Gasteiger partial charge in [-0.25, -0.2) is 0 Å². The van der Waals surface area contributed by atoms with E-state index >= 15 is 0 Å². The zero-order valence-corrected chi connectivity index (χ0v) is 13.4. The molecule has 1 aliphatic rings. The first-order valence-electron chi connectivity index (χ1n) is 7.02. The number of primary amides is 1. The van der Waals surface area contributed by atoms with Crippen molar-refractivity contribution in [2.45, 2.75) is 37.8 Å². The minimum atomic E-state index is -0.842. The van der Waals surface area contributed by atoms with Crippen molar-refractivity contribution < 1.29 is 9.59 Å². The summed E-state index contributed by atoms with van der Waals surface area (Å²) in [7, 11) is 0. The van der Waals surface area contributed by atoms with E-state index in [-0.39, 0.29) is 12.5 Å². The van der Waals surface area contributed by atoms with E-state index in [1.807, 2.05) is 24.3 Å². The third-order valence-electron chi connectivity index (χ3n) is 3.84. The molecule has 1 aromatic carbocycles. The van der Waals surface area contributed by atoms with Gasteiger partial charge in [0.05, 0.1) is 12.1 Å². The van der Waals surface area contributed by atoms with E-state index in [0.717, 1.165) is 22.9 Å². The molecule has 0 bridgehead atoms. The van der Waals surface area contributed by atoms with Gasteiger partial charge in [-0.05, 0) is 30.5 Å². The molecule has 114 valence electrons. The van der Waals surface area contributed by atoms with Crippen molar-refractivity contribution in [3.63, 3.8) is 0 Å². The summed E-state index contributed by atoms with van der Waals surface area (Å²) < 4.78 is 0.963. The average molecular weight is 354 g/mol. The van der Waals surface area contributed by atoms with Gasteiger partial charge in [-0.3, -0.25) is 9.59 Å². The molecule has 0 saturated heterocycles. The first-order chi connectivity index (χ1) is 9.90. The highest BCUT2D eigenvalue weighted by Crippen LogP contribution is 2.29. The highest BCUT2D eigenvalue weighted by molar-refractivity contribution is 9.10. The number of carbonyl (C=O) groups is 2. The molecule has 1 saturated carbocycles. The van der Waals surface area contributed by atoms with Crippen LogP contribution in [0.5, 0.6) is 0 Å². The van der Waals surface area contributed by atoms with Crippen LogP contribution in [-0.2, 0) is 16.1 Å². The molecule has 1 aliphatic carbocycles. The second-order valence-corrected chi connectivity index (χ2v) is 6.53. The van der Waals surface area contributed by atoms with Crippen molar-refractivity contribution >= 4 is 27.7 Å². The minimum absolute atomic E-state index is 0.103. The smallest absolute Gasteiger partial charge is 0.243 e. The Labute approximate surface area is 132 Å². The SMILES string of the molecule is NC(=O)CN(Cc1ccc(Br)cc1)C(=O)C1(N)CCCC1. The van der Waals surface area contributed by atoms with Gasteiger partial charge in [0.25, 0.3) is 0 Å². The van der Waals surface area contributed by atoms with Crippen LogP contribution in [0.3, 0.4) is 0 Å². The Morgan fingerprint density at radius 1 is 1.19 bits per heavy atom. The van der Waals surface area contributed by atoms with E-state index < -0.39 is 11.4 Å². The van der Waals surface area contributed by atoms with Gasteiger partial charge in [0.1, 0.15) is 0 Å². The topological polar surface area (TPSA) is 89.4 Å². The maximum Gasteiger partial charge on any atom is 0.243 e. The number of amides is 2. The molecule has 2 rings (SSSR count). The van der Waals surface area contributed by atoms with Gasteiger partial charge in [0.15, 0.2) is 0 Å². The third-order valence-corrected chi connectivity index (χ3v) is 4.37. The molecule has 21 heavy (non-hydrogen) atoms. The summed E-state index contributed by atoms with van der Waals surface area (Å²) in [4.78, 5) is 25.4. The number of halogens is 1. The van der Waals surface area contributed by atoms with Gasteiger partial charge < -0.3 is 16.4 Å². The zero-order valence-electron chi connectivity index (χ0n) is 11.8. The molecule has 4 N–H and O–H groups in total. The highest BCUT2D eigenvalue weighted by Gasteiger charge is 2.40. The van der Waals surface area contributed by atoms with Gasteiger partial charge in [-0.15, -0.1) is 0 Å². The predicted molar refractivity (Wildman–Crippen MR) is 84.1 cm³/mol. The maximum absolute atomic E-state index is 12.7. The molecule has 0 spiro atoms. The van der Waals surface area contributed by atoms with E-state index in [9.17, 15) is 9.59 Å². The van der Waals surface area contributed by atoms with Crippen LogP contribution in [0, 0.1) is 0 Å². The van der Waals surface area contributed by atoms with Crippen LogP contribution in [-0.4, -0.2) is 28.8 Å². The lowest BCUT2D eigenvalue weighted by Gasteiger charge is -2.31. The molecule has 1 fully saturated rings. The first-order valence-corrected chi connectivity index (χ1v) is 7.81. The largest absolute Gasteiger partial charge is 0.368 e. The molecule has 6 heteroatoms. The zero-order chi connectivity index (χ0) is 15.5. The first kappa shape index (κ1) is 16.0. The second-order valence-electron chi connectivity index (χ2n) is 5.62. The quantitative estimate of drug-likeness (QED) is 0.840. The molecule has 0 aliphatic heterocycles. The highest BCUT2D eigenvalue weighted by atomic mass is 79.9. The van der Waals surface area contributed by atoms with Crippen molar-refractivity contribution in [2.24, 2.45) is 11.5 Å². The Kier molecular flexibility index (Phi) is 5.00. The predicted octanol–water partition coefficient (Wildman–Crippen LogP) is 1.53. The number of hydrogen-bond acceptors (Lipinski definition) is 3. The standard InChI is InChI=1S/C15H20BrN3O2/c16-12-5-3-11(4-6-12)9-19(10-13(17)20)14(21)15(18)7-1-2-8-15/h3-6H,1-2,7-10,18H2,(H2,17,20). The fourth-order valence-corrected chi connectivity index (χ4v) is 3.00. The lowest BCUT2D eigenvalue weighted by Crippen LogP contribution is -2.54. The monoisotopic (exact) mass is 353 g/mol. The van der Waals surface area contributed by atoms with Crippen molar-refractivity contribution in [2.75, 3.05) is 6.54 Å². The number of hydrogen-bond donors (Lipinski definition) is 2. The number of carbonyl (C=O) groups excluding carboxylic acids is 2. The van der Waals surface area contributed by atoms with E-state index in [1.165, 1.54) is 4.90 Å². The minimum Gasteiger partial charge on any atom is -0.368 e. The Balaban J connectivity index is 2.15. The maximum atomic E-state index is 12.7. The van der Waals surface area contributed by atoms with Gasteiger partial charge >= 0.3 is 0 Å². The fraction of sp³-hybridized carbons (Fsp3) is 0.467. The summed E-state index contributed by atoms with van der Waals surface area (Å²) in [5.41, 5.74) is 11.6. The molecule has 0 aromatic heterocycles. The fourth-order valence-electron chi connectivity index (χ4n) is 2.73. The van der Waals surface area contributed by atoms with E-state index in [0.29, 0.717) is 19.4 Å². The molecule has 1 aromatic rings. The molecule has 5 nitrogen and oxygen atoms in total. The summed E-state index contributed by atoms with van der Waals surface area (Å²) in [6.07, 6.45) is 3.23. The molecule has 0 unspecified atom stereocenters. The molecule has 2 amide bonds. The second kappa shape index (κ2) is 6.58. The molecular formula is C15H20BrN3O2. The average Bonchev–Trinajstić information content (AvgIpc) is 2.87. The Bertz CT molecular complexity index is 524. The molecule has 0 atom stereocenters. The molecule has 0 radical (unpaired) electrons. The summed E-state index contributed by atoms with van der Waals surface area (Å²) in [5.74, 6) is -0.705. The lowest BCUT2D eigenvalue weighted by molar-refractivity contribution is -0.140. The van der Waals surface area contributed by atoms with Crippen LogP contribution in [0.15, 0.2) is 28.7 Å². The van der Waals surface area contributed by atoms with Crippen LogP contribution >= 0.6 is 15.9 Å². The van der Waals surface area contributed by atoms with Crippen LogP contribution < -0.4 is 11.5 Å². The number of nitrogens with two attached hydrogens (primary N) is 2. The number of benzene rings is 1. The molecular weight excluding hydrogens is 334 g/mol. The van der Waals surface area contributed by atoms with Crippen LogP contribution in [0.1, 0.15) is 31.2 Å². The van der Waals surface area contributed by atoms with Crippen molar-refractivity contribution in [1.82, 2.24) is 4.90 Å². The van der Waals surface area contributed by atoms with Crippen LogP contribution in [0.25, 0.3) is 0 Å². The Hall–Kier alpha value is -1.40. The summed E-state index contributed by atoms with van der Waals surface area (Å²) in [5, 5.41) is 0. The van der Waals surface area contributed by atoms with E-state index in [2.05, 4.69) is 15.9 Å². The number of rotatable bonds is 5.